The van der Waals surface area contributed by atoms with Crippen molar-refractivity contribution in [2.24, 2.45) is 0 Å². The van der Waals surface area contributed by atoms with Gasteiger partial charge < -0.3 is 20.4 Å². The van der Waals surface area contributed by atoms with E-state index >= 15 is 0 Å². The van der Waals surface area contributed by atoms with E-state index in [1.165, 1.54) is 22.7 Å². The number of carbonyl (C=O) groups excluding carboxylic acids is 2. The van der Waals surface area contributed by atoms with Crippen LogP contribution in [0, 0.1) is 0 Å². The molecule has 2 amide bonds. The zero-order chi connectivity index (χ0) is 20.1. The second-order valence-corrected chi connectivity index (χ2v) is 9.50. The Hall–Kier alpha value is -0.0700. The molecule has 2 heterocycles. The Morgan fingerprint density at radius 1 is 1.21 bits per heavy atom. The van der Waals surface area contributed by atoms with Crippen LogP contribution in [0.5, 0.6) is 0 Å². The number of thioether (sulfide) groups is 1. The molecule has 0 aromatic heterocycles. The zero-order valence-corrected chi connectivity index (χ0v) is 16.8. The van der Waals surface area contributed by atoms with Gasteiger partial charge in [0.25, 0.3) is 0 Å². The number of aliphatic carboxylic acids is 2. The van der Waals surface area contributed by atoms with Crippen molar-refractivity contribution in [1.82, 2.24) is 10.2 Å². The summed E-state index contributed by atoms with van der Waals surface area (Å²) in [6.07, 6.45) is 0. The van der Waals surface area contributed by atoms with Crippen LogP contribution in [0.1, 0.15) is 25.3 Å². The fraction of sp³-hybridized carbons (Fsp3) is 0.412. The number of hydrogen-bond donors (Lipinski definition) is 3. The quantitative estimate of drug-likeness (QED) is 0.291. The van der Waals surface area contributed by atoms with Gasteiger partial charge in [0.15, 0.2) is 5.92 Å². The predicted molar refractivity (Wildman–Crippen MR) is 114 cm³/mol. The summed E-state index contributed by atoms with van der Waals surface area (Å²) in [6.45, 7) is 3.45. The Kier molecular flexibility index (Phi) is 9.33. The fourth-order valence-electron chi connectivity index (χ4n) is 3.48. The van der Waals surface area contributed by atoms with Crippen LogP contribution in [-0.2, 0) is 19.2 Å². The van der Waals surface area contributed by atoms with Crippen molar-refractivity contribution in [3.05, 3.63) is 34.3 Å². The number of β-lactam (4-membered cyclic amide) rings is 1. The third-order valence-electron chi connectivity index (χ3n) is 4.70. The van der Waals surface area contributed by atoms with Gasteiger partial charge in [-0.2, -0.15) is 0 Å². The van der Waals surface area contributed by atoms with Crippen LogP contribution in [0.15, 0.2) is 28.7 Å². The third-order valence-corrected chi connectivity index (χ3v) is 6.99. The van der Waals surface area contributed by atoms with Crippen LogP contribution in [0.4, 0.5) is 0 Å². The van der Waals surface area contributed by atoms with E-state index in [1.807, 2.05) is 0 Å². The molecule has 148 valence electrons. The second-order valence-electron chi connectivity index (χ2n) is 6.88. The normalized spacial score (nSPS) is 24.9. The van der Waals surface area contributed by atoms with E-state index in [1.54, 1.807) is 32.0 Å². The van der Waals surface area contributed by atoms with E-state index in [2.05, 4.69) is 21.2 Å². The Morgan fingerprint density at radius 2 is 1.79 bits per heavy atom. The number of nitrogens with zero attached hydrogens (tertiary/aromatic N) is 1. The van der Waals surface area contributed by atoms with Crippen LogP contribution >= 0.6 is 27.7 Å². The molecule has 2 aliphatic rings. The van der Waals surface area contributed by atoms with Gasteiger partial charge in [-0.3, -0.25) is 14.4 Å². The summed E-state index contributed by atoms with van der Waals surface area (Å²) in [7, 11) is 0. The minimum absolute atomic E-state index is 0. The Balaban J connectivity index is 0.00000210. The fourth-order valence-corrected chi connectivity index (χ4v) is 5.62. The molecule has 2 fully saturated rings. The van der Waals surface area contributed by atoms with E-state index in [0.717, 1.165) is 0 Å². The van der Waals surface area contributed by atoms with Crippen molar-refractivity contribution in [2.75, 3.05) is 0 Å². The standard InChI is InChI=1S/C17H17BrN2O6S.2Na.2H/c1-17(2)11(16(25)26)20-13(22)10(14(20)27-17)19-12(21)9(15(23)24)7-5-3-4-6-8(7)18;;;;/h3-6,9-11,14H,1-2H3,(H,19,21)(H,23,24)(H,25,26);;;;/t9?,10?,11?,14-;;;;/m1..../s1. The maximum absolute atomic E-state index is 12.6. The first-order valence-corrected chi connectivity index (χ1v) is 9.74. The summed E-state index contributed by atoms with van der Waals surface area (Å²) >= 11 is 4.52. The number of carbonyl (C=O) groups is 4. The van der Waals surface area contributed by atoms with Gasteiger partial charge in [-0.1, -0.05) is 34.1 Å². The molecule has 0 spiro atoms. The van der Waals surface area contributed by atoms with Crippen molar-refractivity contribution in [2.45, 2.75) is 42.0 Å². The molecule has 12 heteroatoms. The van der Waals surface area contributed by atoms with E-state index < -0.39 is 51.9 Å². The molecule has 0 bridgehead atoms. The van der Waals surface area contributed by atoms with Gasteiger partial charge in [0, 0.05) is 9.22 Å². The van der Waals surface area contributed by atoms with Gasteiger partial charge in [-0.25, -0.2) is 4.79 Å². The van der Waals surface area contributed by atoms with Gasteiger partial charge >= 0.3 is 71.1 Å². The van der Waals surface area contributed by atoms with Gasteiger partial charge in [0.1, 0.15) is 17.5 Å². The first-order chi connectivity index (χ1) is 12.6. The number of carboxylic acid groups (broad SMARTS) is 2. The number of rotatable bonds is 5. The molecule has 0 saturated carbocycles. The second kappa shape index (κ2) is 10.0. The molecular weight excluding hydrogens is 486 g/mol. The minimum atomic E-state index is -1.49. The number of carboxylic acids is 2. The monoisotopic (exact) mass is 504 g/mol. The summed E-state index contributed by atoms with van der Waals surface area (Å²) < 4.78 is -0.253. The van der Waals surface area contributed by atoms with Gasteiger partial charge in [0.2, 0.25) is 11.8 Å². The summed E-state index contributed by atoms with van der Waals surface area (Å²) in [5.41, 5.74) is 0.272. The molecule has 2 saturated heterocycles. The average molecular weight is 505 g/mol. The van der Waals surface area contributed by atoms with Gasteiger partial charge in [0.05, 0.1) is 0 Å². The van der Waals surface area contributed by atoms with Crippen molar-refractivity contribution >= 4 is 111 Å². The summed E-state index contributed by atoms with van der Waals surface area (Å²) in [5, 5.41) is 20.9. The van der Waals surface area contributed by atoms with Crippen molar-refractivity contribution in [3.63, 3.8) is 0 Å². The van der Waals surface area contributed by atoms with Gasteiger partial charge in [-0.15, -0.1) is 11.8 Å². The molecule has 8 nitrogen and oxygen atoms in total. The molecule has 0 aliphatic carbocycles. The summed E-state index contributed by atoms with van der Waals surface area (Å²) in [6, 6.07) is 4.52. The van der Waals surface area contributed by atoms with Gasteiger partial charge in [-0.05, 0) is 25.5 Å². The van der Waals surface area contributed by atoms with E-state index in [-0.39, 0.29) is 64.7 Å². The number of amides is 2. The summed E-state index contributed by atoms with van der Waals surface area (Å²) in [4.78, 5) is 49.5. The SMILES string of the molecule is CC1(C)S[C@@H]2C(NC(=O)C(C(=O)O)c3ccccc3Br)C(=O)N2C1C(=O)O.[NaH].[NaH]. The molecule has 3 N–H and O–H groups in total. The molecule has 0 radical (unpaired) electrons. The molecule has 4 atom stereocenters. The van der Waals surface area contributed by atoms with E-state index in [4.69, 9.17) is 0 Å². The maximum atomic E-state index is 12.6. The van der Waals surface area contributed by atoms with Crippen LogP contribution in [0.2, 0.25) is 0 Å². The third kappa shape index (κ3) is 4.90. The van der Waals surface area contributed by atoms with Crippen molar-refractivity contribution < 1.29 is 29.4 Å². The summed E-state index contributed by atoms with van der Waals surface area (Å²) in [5.74, 6) is -5.27. The number of nitrogens with one attached hydrogen (secondary N) is 1. The Bertz CT molecular complexity index is 855. The van der Waals surface area contributed by atoms with Crippen LogP contribution in [0.3, 0.4) is 0 Å². The molecular formula is C17H19BrN2Na2O6S. The topological polar surface area (TPSA) is 124 Å². The Morgan fingerprint density at radius 3 is 2.31 bits per heavy atom. The molecule has 1 aromatic carbocycles. The number of halogens is 1. The number of fused-ring (bicyclic) bond motifs is 1. The van der Waals surface area contributed by atoms with E-state index in [9.17, 15) is 29.4 Å². The molecule has 2 aliphatic heterocycles. The first-order valence-electron chi connectivity index (χ1n) is 8.06. The number of hydrogen-bond acceptors (Lipinski definition) is 5. The van der Waals surface area contributed by atoms with Crippen LogP contribution < -0.4 is 5.32 Å². The predicted octanol–water partition coefficient (Wildman–Crippen LogP) is -0.0480. The van der Waals surface area contributed by atoms with Crippen LogP contribution in [-0.4, -0.2) is 120 Å². The molecule has 3 unspecified atom stereocenters. The van der Waals surface area contributed by atoms with E-state index in [0.29, 0.717) is 4.47 Å². The zero-order valence-electron chi connectivity index (χ0n) is 14.4. The molecule has 1 aromatic rings. The number of benzene rings is 1. The Labute approximate surface area is 224 Å². The average Bonchev–Trinajstić information content (AvgIpc) is 2.82. The molecule has 3 rings (SSSR count). The first kappa shape index (κ1) is 27.0. The van der Waals surface area contributed by atoms with Crippen LogP contribution in [0.25, 0.3) is 0 Å². The van der Waals surface area contributed by atoms with Crippen molar-refractivity contribution in [3.8, 4) is 0 Å². The molecule has 29 heavy (non-hydrogen) atoms. The van der Waals surface area contributed by atoms with Crippen molar-refractivity contribution in [1.29, 1.82) is 0 Å².